The normalized spacial score (nSPS) is 12.0. The van der Waals surface area contributed by atoms with Crippen LogP contribution in [0.1, 0.15) is 0 Å². The van der Waals surface area contributed by atoms with Crippen LogP contribution in [0.3, 0.4) is 0 Å². The summed E-state index contributed by atoms with van der Waals surface area (Å²) < 4.78 is 0.620. The molecule has 0 spiro atoms. The Kier molecular flexibility index (Phi) is 7.85. The average molecular weight is 506 g/mol. The van der Waals surface area contributed by atoms with Gasteiger partial charge in [0.05, 0.1) is 0 Å². The predicted octanol–water partition coefficient (Wildman–Crippen LogP) is 5.85. The van der Waals surface area contributed by atoms with Gasteiger partial charge in [-0.25, -0.2) is 0 Å². The van der Waals surface area contributed by atoms with Crippen LogP contribution in [0.2, 0.25) is 5.02 Å². The van der Waals surface area contributed by atoms with E-state index in [2.05, 4.69) is 41.7 Å². The highest BCUT2D eigenvalue weighted by Gasteiger charge is 2.50. The zero-order valence-electron chi connectivity index (χ0n) is 17.6. The summed E-state index contributed by atoms with van der Waals surface area (Å²) in [5.74, 6) is 0. The number of carbonyl (C=O) groups is 1. The van der Waals surface area contributed by atoms with Crippen molar-refractivity contribution in [1.29, 1.82) is 0 Å². The molecular weight excluding hydrogens is 485 g/mol. The van der Waals surface area contributed by atoms with Gasteiger partial charge in [0, 0.05) is 9.92 Å². The number of nitrogens with one attached hydrogen (secondary N) is 1. The van der Waals surface area contributed by atoms with Crippen LogP contribution in [0, 0.1) is 0 Å². The van der Waals surface area contributed by atoms with Gasteiger partial charge in [0.15, 0.2) is 12.7 Å². The first-order chi connectivity index (χ1) is 16.2. The second-order valence-electron chi connectivity index (χ2n) is 7.13. The van der Waals surface area contributed by atoms with Crippen LogP contribution in [-0.2, 0) is 17.4 Å². The highest BCUT2D eigenvalue weighted by atomic mass is 35.5. The molecule has 0 unspecified atom stereocenters. The van der Waals surface area contributed by atoms with E-state index in [0.29, 0.717) is 9.26 Å². The van der Waals surface area contributed by atoms with Crippen molar-refractivity contribution in [2.45, 2.75) is 4.90 Å². The summed E-state index contributed by atoms with van der Waals surface area (Å²) in [6.07, 6.45) is 0.730. The Balaban J connectivity index is 2.05. The predicted molar refractivity (Wildman–Crippen MR) is 146 cm³/mol. The number of hydrogen-bond acceptors (Lipinski definition) is 3. The summed E-state index contributed by atoms with van der Waals surface area (Å²) in [5, 5.41) is 7.06. The van der Waals surface area contributed by atoms with E-state index in [1.54, 1.807) is 0 Å². The van der Waals surface area contributed by atoms with Crippen LogP contribution in [-0.4, -0.2) is 6.41 Å². The van der Waals surface area contributed by atoms with Crippen molar-refractivity contribution in [2.75, 3.05) is 0 Å². The summed E-state index contributed by atoms with van der Waals surface area (Å²) >= 11 is 13.5. The van der Waals surface area contributed by atoms with Gasteiger partial charge >= 0.3 is 0 Å². The van der Waals surface area contributed by atoms with Crippen molar-refractivity contribution in [3.8, 4) is 0 Å². The second-order valence-corrected chi connectivity index (χ2v) is 12.7. The highest BCUT2D eigenvalue weighted by Crippen LogP contribution is 2.63. The van der Waals surface area contributed by atoms with Gasteiger partial charge in [0.2, 0.25) is 6.41 Å². The lowest BCUT2D eigenvalue weighted by Gasteiger charge is -2.32. The molecule has 0 heterocycles. The molecule has 0 aliphatic rings. The number of hydrogen-bond donors (Lipinski definition) is 1. The molecule has 0 bridgehead atoms. The number of amides is 1. The van der Waals surface area contributed by atoms with Crippen molar-refractivity contribution in [3.05, 3.63) is 130 Å². The van der Waals surface area contributed by atoms with Gasteiger partial charge in [-0.2, -0.15) is 0 Å². The van der Waals surface area contributed by atoms with E-state index in [1.165, 1.54) is 11.8 Å². The molecule has 0 aromatic heterocycles. The van der Waals surface area contributed by atoms with Crippen molar-refractivity contribution in [3.63, 3.8) is 0 Å². The summed E-state index contributed by atoms with van der Waals surface area (Å²) in [7, 11) is -2.50. The molecule has 4 aromatic carbocycles. The molecule has 0 saturated carbocycles. The van der Waals surface area contributed by atoms with E-state index in [1.807, 2.05) is 78.9 Å². The molecule has 2 nitrogen and oxygen atoms in total. The molecule has 1 amide bonds. The molecule has 1 N–H and O–H groups in total. The Labute approximate surface area is 209 Å². The largest absolute Gasteiger partial charge is 0.767 e. The minimum Gasteiger partial charge on any atom is -0.767 e. The zero-order chi connectivity index (χ0) is 23.1. The molecule has 4 rings (SSSR count). The minimum absolute atomic E-state index is 0.620. The fourth-order valence-electron chi connectivity index (χ4n) is 3.80. The molecule has 164 valence electrons. The maximum Gasteiger partial charge on any atom is 0.213 e. The summed E-state index contributed by atoms with van der Waals surface area (Å²) in [4.78, 5) is 12.9. The SMILES string of the molecule is O=CNC(=C([S-])Sc1ccc(Cl)cc1)[P+](c1ccccc1)(c1ccccc1)c1ccccc1. The highest BCUT2D eigenvalue weighted by molar-refractivity contribution is 8.12. The van der Waals surface area contributed by atoms with E-state index in [0.717, 1.165) is 32.7 Å². The topological polar surface area (TPSA) is 29.1 Å². The molecule has 0 radical (unpaired) electrons. The lowest BCUT2D eigenvalue weighted by Crippen LogP contribution is -2.36. The third-order valence-electron chi connectivity index (χ3n) is 5.18. The summed E-state index contributed by atoms with van der Waals surface area (Å²) in [5.41, 5.74) is 0.746. The van der Waals surface area contributed by atoms with Crippen LogP contribution in [0.4, 0.5) is 0 Å². The Hall–Kier alpha value is -2.62. The quantitative estimate of drug-likeness (QED) is 0.141. The van der Waals surface area contributed by atoms with Crippen molar-refractivity contribution >= 4 is 65.6 Å². The van der Waals surface area contributed by atoms with Crippen LogP contribution in [0.5, 0.6) is 0 Å². The lowest BCUT2D eigenvalue weighted by molar-refractivity contribution is -0.108. The molecule has 4 aromatic rings. The van der Waals surface area contributed by atoms with Gasteiger partial charge in [0.25, 0.3) is 0 Å². The first kappa shape index (κ1) is 23.5. The van der Waals surface area contributed by atoms with E-state index in [-0.39, 0.29) is 0 Å². The molecular formula is C27H21ClNOPS2. The minimum atomic E-state index is -2.50. The van der Waals surface area contributed by atoms with Gasteiger partial charge in [-0.05, 0) is 60.7 Å². The number of halogens is 1. The third-order valence-corrected chi connectivity index (χ3v) is 11.3. The first-order valence-corrected chi connectivity index (χ1v) is 13.7. The van der Waals surface area contributed by atoms with Gasteiger partial charge in [-0.15, -0.1) is 11.8 Å². The lowest BCUT2D eigenvalue weighted by atomic mass is 10.4. The van der Waals surface area contributed by atoms with E-state index in [4.69, 9.17) is 24.2 Å². The molecule has 0 atom stereocenters. The molecule has 6 heteroatoms. The zero-order valence-corrected chi connectivity index (χ0v) is 20.9. The third kappa shape index (κ3) is 5.00. The molecule has 0 fully saturated rings. The molecule has 33 heavy (non-hydrogen) atoms. The van der Waals surface area contributed by atoms with E-state index >= 15 is 0 Å². The summed E-state index contributed by atoms with van der Waals surface area (Å²) in [6.45, 7) is 0. The maximum atomic E-state index is 12.0. The number of carbonyl (C=O) groups excluding carboxylic acids is 1. The Morgan fingerprint density at radius 2 is 1.15 bits per heavy atom. The Morgan fingerprint density at radius 1 is 0.727 bits per heavy atom. The second kappa shape index (κ2) is 11.0. The maximum absolute atomic E-state index is 12.0. The van der Waals surface area contributed by atoms with Crippen molar-refractivity contribution in [1.82, 2.24) is 5.32 Å². The number of thioether (sulfide) groups is 1. The van der Waals surface area contributed by atoms with Gasteiger partial charge < -0.3 is 12.6 Å². The first-order valence-electron chi connectivity index (χ1n) is 10.3. The Bertz CT molecular complexity index is 1140. The van der Waals surface area contributed by atoms with Gasteiger partial charge in [-0.3, -0.25) is 10.1 Å². The molecule has 0 aliphatic heterocycles. The standard InChI is InChI=1S/C27H21ClNOPS2/c28-21-16-18-25(19-17-21)33-27(32)26(29-20-30)31(22-10-4-1-5-11-22,23-12-6-2-7-13-23)24-14-8-3-9-15-24/h1-20H,(H-,29,30,32). The van der Waals surface area contributed by atoms with E-state index < -0.39 is 7.26 Å². The van der Waals surface area contributed by atoms with Crippen LogP contribution in [0.15, 0.2) is 130 Å². The number of benzene rings is 4. The van der Waals surface area contributed by atoms with Crippen molar-refractivity contribution in [2.24, 2.45) is 0 Å². The fraction of sp³-hybridized carbons (Fsp3) is 0. The fourth-order valence-corrected chi connectivity index (χ4v) is 9.92. The summed E-state index contributed by atoms with van der Waals surface area (Å²) in [6, 6.07) is 38.5. The van der Waals surface area contributed by atoms with Crippen LogP contribution in [0.25, 0.3) is 0 Å². The molecule has 0 aliphatic carbocycles. The van der Waals surface area contributed by atoms with Gasteiger partial charge in [0.1, 0.15) is 15.9 Å². The van der Waals surface area contributed by atoms with Crippen molar-refractivity contribution < 1.29 is 4.79 Å². The number of rotatable bonds is 8. The van der Waals surface area contributed by atoms with Gasteiger partial charge in [-0.1, -0.05) is 70.4 Å². The average Bonchev–Trinajstić information content (AvgIpc) is 2.87. The van der Waals surface area contributed by atoms with Crippen LogP contribution < -0.4 is 21.2 Å². The smallest absolute Gasteiger partial charge is 0.213 e. The molecule has 0 saturated heterocycles. The van der Waals surface area contributed by atoms with Crippen LogP contribution >= 0.6 is 30.6 Å². The van der Waals surface area contributed by atoms with E-state index in [9.17, 15) is 4.79 Å². The Morgan fingerprint density at radius 3 is 1.55 bits per heavy atom. The monoisotopic (exact) mass is 505 g/mol.